The first kappa shape index (κ1) is 20.6. The first-order valence-corrected chi connectivity index (χ1v) is 10.9. The highest BCUT2D eigenvalue weighted by Gasteiger charge is 2.39. The van der Waals surface area contributed by atoms with Gasteiger partial charge in [0.1, 0.15) is 11.4 Å². The molecule has 31 heavy (non-hydrogen) atoms. The predicted molar refractivity (Wildman–Crippen MR) is 115 cm³/mol. The zero-order valence-corrected chi connectivity index (χ0v) is 17.9. The summed E-state index contributed by atoms with van der Waals surface area (Å²) < 4.78 is 44.5. The van der Waals surface area contributed by atoms with Crippen LogP contribution in [0.15, 0.2) is 30.5 Å². The molecule has 1 aromatic carbocycles. The van der Waals surface area contributed by atoms with E-state index in [1.165, 1.54) is 10.5 Å². The van der Waals surface area contributed by atoms with Crippen molar-refractivity contribution in [2.45, 2.75) is 25.4 Å². The van der Waals surface area contributed by atoms with Crippen LogP contribution in [0.1, 0.15) is 24.2 Å². The van der Waals surface area contributed by atoms with E-state index in [2.05, 4.69) is 20.0 Å². The summed E-state index contributed by atoms with van der Waals surface area (Å²) in [5.74, 6) is 1.08. The van der Waals surface area contributed by atoms with Crippen LogP contribution in [0.5, 0.6) is 0 Å². The SMILES string of the molecule is CN1CCN(c2c(Cl)cccc2-c2ccn3c(CC4CC4)nnc3c2C(F)(F)F)CC1. The highest BCUT2D eigenvalue weighted by Crippen LogP contribution is 2.45. The van der Waals surface area contributed by atoms with Crippen molar-refractivity contribution in [1.82, 2.24) is 19.5 Å². The molecule has 5 rings (SSSR count). The van der Waals surface area contributed by atoms with Crippen molar-refractivity contribution in [3.8, 4) is 11.1 Å². The van der Waals surface area contributed by atoms with Crippen LogP contribution in [-0.4, -0.2) is 52.7 Å². The number of aromatic nitrogens is 3. The second kappa shape index (κ2) is 7.67. The fourth-order valence-electron chi connectivity index (χ4n) is 4.31. The number of nitrogens with zero attached hydrogens (tertiary/aromatic N) is 5. The van der Waals surface area contributed by atoms with E-state index in [1.807, 2.05) is 7.05 Å². The van der Waals surface area contributed by atoms with Crippen molar-refractivity contribution in [1.29, 1.82) is 0 Å². The molecule has 2 fully saturated rings. The lowest BCUT2D eigenvalue weighted by Gasteiger charge is -2.36. The van der Waals surface area contributed by atoms with Gasteiger partial charge < -0.3 is 9.80 Å². The summed E-state index contributed by atoms with van der Waals surface area (Å²) in [5.41, 5.74) is 0.289. The Morgan fingerprint density at radius 2 is 1.77 bits per heavy atom. The summed E-state index contributed by atoms with van der Waals surface area (Å²) in [5, 5.41) is 8.51. The van der Waals surface area contributed by atoms with E-state index in [-0.39, 0.29) is 11.2 Å². The molecule has 1 aliphatic carbocycles. The van der Waals surface area contributed by atoms with Crippen molar-refractivity contribution in [3.63, 3.8) is 0 Å². The van der Waals surface area contributed by atoms with Gasteiger partial charge in [0.2, 0.25) is 0 Å². The van der Waals surface area contributed by atoms with Crippen LogP contribution in [0, 0.1) is 5.92 Å². The number of anilines is 1. The number of fused-ring (bicyclic) bond motifs is 1. The zero-order chi connectivity index (χ0) is 21.8. The molecule has 1 saturated carbocycles. The lowest BCUT2D eigenvalue weighted by molar-refractivity contribution is -0.136. The molecule has 1 aliphatic heterocycles. The van der Waals surface area contributed by atoms with Gasteiger partial charge in [0.05, 0.1) is 10.7 Å². The standard InChI is InChI=1S/C22H23ClF3N5/c1-29-9-11-30(12-10-29)20-16(3-2-4-17(20)23)15-7-8-31-18(13-14-5-6-14)27-28-21(31)19(15)22(24,25)26/h2-4,7-8,14H,5-6,9-13H2,1H3. The van der Waals surface area contributed by atoms with Gasteiger partial charge in [0, 0.05) is 49.9 Å². The molecule has 3 aromatic rings. The number of para-hydroxylation sites is 1. The molecule has 0 bridgehead atoms. The topological polar surface area (TPSA) is 36.7 Å². The fraction of sp³-hybridized carbons (Fsp3) is 0.455. The molecule has 0 radical (unpaired) electrons. The first-order valence-electron chi connectivity index (χ1n) is 10.5. The molecule has 9 heteroatoms. The number of pyridine rings is 1. The zero-order valence-electron chi connectivity index (χ0n) is 17.2. The van der Waals surface area contributed by atoms with Gasteiger partial charge in [0.15, 0.2) is 5.65 Å². The summed E-state index contributed by atoms with van der Waals surface area (Å²) in [6.45, 7) is 3.05. The molecular weight excluding hydrogens is 427 g/mol. The summed E-state index contributed by atoms with van der Waals surface area (Å²) in [6.07, 6.45) is -0.0801. The lowest BCUT2D eigenvalue weighted by atomic mass is 9.98. The van der Waals surface area contributed by atoms with Crippen molar-refractivity contribution in [3.05, 3.63) is 46.9 Å². The highest BCUT2D eigenvalue weighted by molar-refractivity contribution is 6.34. The van der Waals surface area contributed by atoms with E-state index >= 15 is 0 Å². The van der Waals surface area contributed by atoms with Gasteiger partial charge in [-0.2, -0.15) is 13.2 Å². The maximum atomic E-state index is 14.3. The summed E-state index contributed by atoms with van der Waals surface area (Å²) in [6, 6.07) is 6.67. The number of benzene rings is 1. The monoisotopic (exact) mass is 449 g/mol. The molecule has 164 valence electrons. The Morgan fingerprint density at radius 1 is 1.03 bits per heavy atom. The molecule has 1 saturated heterocycles. The Labute approximate surface area is 183 Å². The van der Waals surface area contributed by atoms with Crippen molar-refractivity contribution >= 4 is 22.9 Å². The largest absolute Gasteiger partial charge is 0.420 e. The van der Waals surface area contributed by atoms with Gasteiger partial charge in [-0.1, -0.05) is 23.7 Å². The van der Waals surface area contributed by atoms with Crippen molar-refractivity contribution in [2.75, 3.05) is 38.1 Å². The molecule has 2 aromatic heterocycles. The molecule has 3 heterocycles. The summed E-state index contributed by atoms with van der Waals surface area (Å²) >= 11 is 6.53. The molecule has 0 unspecified atom stereocenters. The minimum atomic E-state index is -4.58. The Kier molecular flexibility index (Phi) is 5.09. The average Bonchev–Trinajstić information content (AvgIpc) is 3.46. The van der Waals surface area contributed by atoms with E-state index in [4.69, 9.17) is 11.6 Å². The third-order valence-electron chi connectivity index (χ3n) is 6.20. The van der Waals surface area contributed by atoms with Crippen molar-refractivity contribution in [2.24, 2.45) is 5.92 Å². The smallest absolute Gasteiger partial charge is 0.367 e. The van der Waals surface area contributed by atoms with E-state index < -0.39 is 11.7 Å². The van der Waals surface area contributed by atoms with Crippen LogP contribution in [0.25, 0.3) is 16.8 Å². The van der Waals surface area contributed by atoms with E-state index in [0.717, 1.165) is 25.9 Å². The Bertz CT molecular complexity index is 1110. The van der Waals surface area contributed by atoms with Gasteiger partial charge in [-0.15, -0.1) is 10.2 Å². The van der Waals surface area contributed by atoms with Crippen LogP contribution in [0.4, 0.5) is 18.9 Å². The number of alkyl halides is 3. The van der Waals surface area contributed by atoms with Crippen LogP contribution >= 0.6 is 11.6 Å². The van der Waals surface area contributed by atoms with E-state index in [0.29, 0.717) is 47.5 Å². The molecule has 0 N–H and O–H groups in total. The highest BCUT2D eigenvalue weighted by atomic mass is 35.5. The second-order valence-corrected chi connectivity index (χ2v) is 8.89. The minimum Gasteiger partial charge on any atom is -0.367 e. The molecule has 5 nitrogen and oxygen atoms in total. The number of hydrogen-bond acceptors (Lipinski definition) is 4. The number of piperazine rings is 1. The van der Waals surface area contributed by atoms with Crippen LogP contribution in [-0.2, 0) is 12.6 Å². The van der Waals surface area contributed by atoms with Crippen LogP contribution in [0.3, 0.4) is 0 Å². The minimum absolute atomic E-state index is 0.0850. The molecule has 2 aliphatic rings. The lowest BCUT2D eigenvalue weighted by Crippen LogP contribution is -2.44. The Balaban J connectivity index is 1.68. The fourth-order valence-corrected chi connectivity index (χ4v) is 4.61. The van der Waals surface area contributed by atoms with Gasteiger partial charge in [-0.05, 0) is 37.9 Å². The second-order valence-electron chi connectivity index (χ2n) is 8.49. The quantitative estimate of drug-likeness (QED) is 0.574. The third-order valence-corrected chi connectivity index (χ3v) is 6.50. The predicted octanol–water partition coefficient (Wildman–Crippen LogP) is 4.77. The van der Waals surface area contributed by atoms with E-state index in [1.54, 1.807) is 24.4 Å². The summed E-state index contributed by atoms with van der Waals surface area (Å²) in [7, 11) is 2.03. The molecule has 0 amide bonds. The maximum Gasteiger partial charge on any atom is 0.420 e. The Hall–Kier alpha value is -2.32. The molecule has 0 atom stereocenters. The average molecular weight is 450 g/mol. The number of rotatable bonds is 4. The van der Waals surface area contributed by atoms with Gasteiger partial charge >= 0.3 is 6.18 Å². The van der Waals surface area contributed by atoms with Gasteiger partial charge in [-0.25, -0.2) is 0 Å². The first-order chi connectivity index (χ1) is 14.8. The Morgan fingerprint density at radius 3 is 2.45 bits per heavy atom. The number of hydrogen-bond donors (Lipinski definition) is 0. The molecular formula is C22H23ClF3N5. The maximum absolute atomic E-state index is 14.3. The van der Waals surface area contributed by atoms with E-state index in [9.17, 15) is 13.2 Å². The number of halogens is 4. The normalized spacial score (nSPS) is 18.2. The van der Waals surface area contributed by atoms with Crippen LogP contribution < -0.4 is 4.90 Å². The third kappa shape index (κ3) is 3.87. The molecule has 0 spiro atoms. The van der Waals surface area contributed by atoms with Gasteiger partial charge in [-0.3, -0.25) is 4.40 Å². The number of likely N-dealkylation sites (N-methyl/N-ethyl adjacent to an activating group) is 1. The van der Waals surface area contributed by atoms with Crippen LogP contribution in [0.2, 0.25) is 5.02 Å². The van der Waals surface area contributed by atoms with Crippen molar-refractivity contribution < 1.29 is 13.2 Å². The summed E-state index contributed by atoms with van der Waals surface area (Å²) in [4.78, 5) is 4.27. The van der Waals surface area contributed by atoms with Gasteiger partial charge in [0.25, 0.3) is 0 Å².